The van der Waals surface area contributed by atoms with Crippen molar-refractivity contribution in [1.82, 2.24) is 0 Å². The molecule has 1 unspecified atom stereocenters. The SMILES string of the molecule is COc1ccc(C2Nc3ccc4ccccc4c3C3=C2C(=O)CC(C)(C)C3)c(OC)c1OC. The Hall–Kier alpha value is -3.47. The van der Waals surface area contributed by atoms with Gasteiger partial charge in [0.05, 0.1) is 27.4 Å². The molecule has 170 valence electrons. The largest absolute Gasteiger partial charge is 0.493 e. The summed E-state index contributed by atoms with van der Waals surface area (Å²) >= 11 is 0. The van der Waals surface area contributed by atoms with E-state index in [9.17, 15) is 4.79 Å². The van der Waals surface area contributed by atoms with Crippen LogP contribution < -0.4 is 19.5 Å². The number of carbonyl (C=O) groups is 1. The molecule has 0 bridgehead atoms. The predicted molar refractivity (Wildman–Crippen MR) is 131 cm³/mol. The van der Waals surface area contributed by atoms with Gasteiger partial charge in [-0.15, -0.1) is 0 Å². The molecular weight excluding hydrogens is 414 g/mol. The summed E-state index contributed by atoms with van der Waals surface area (Å²) in [7, 11) is 4.82. The molecule has 1 atom stereocenters. The van der Waals surface area contributed by atoms with Gasteiger partial charge in [0.2, 0.25) is 5.75 Å². The van der Waals surface area contributed by atoms with E-state index in [0.29, 0.717) is 23.7 Å². The minimum Gasteiger partial charge on any atom is -0.493 e. The Morgan fingerprint density at radius 1 is 0.879 bits per heavy atom. The standard InChI is InChI=1S/C28H29NO4/c1-28(2)14-19-23-17-9-7-6-8-16(17)10-12-20(23)29-25(24(19)21(30)15-28)18-11-13-22(31-3)27(33-5)26(18)32-4/h6-13,25,29H,14-15H2,1-5H3. The molecule has 1 N–H and O–H groups in total. The molecule has 0 aromatic heterocycles. The number of allylic oxidation sites excluding steroid dienone is 1. The van der Waals surface area contributed by atoms with E-state index in [0.717, 1.165) is 34.4 Å². The fourth-order valence-electron chi connectivity index (χ4n) is 5.42. The predicted octanol–water partition coefficient (Wildman–Crippen LogP) is 6.18. The zero-order valence-electron chi connectivity index (χ0n) is 19.7. The maximum atomic E-state index is 13.7. The van der Waals surface area contributed by atoms with Gasteiger partial charge in [-0.1, -0.05) is 44.2 Å². The molecule has 0 amide bonds. The minimum atomic E-state index is -0.341. The number of ketones is 1. The summed E-state index contributed by atoms with van der Waals surface area (Å²) in [6, 6.07) is 16.1. The lowest BCUT2D eigenvalue weighted by Gasteiger charge is -2.40. The smallest absolute Gasteiger partial charge is 0.203 e. The van der Waals surface area contributed by atoms with E-state index < -0.39 is 0 Å². The van der Waals surface area contributed by atoms with Crippen molar-refractivity contribution in [1.29, 1.82) is 0 Å². The maximum Gasteiger partial charge on any atom is 0.203 e. The lowest BCUT2D eigenvalue weighted by atomic mass is 9.67. The zero-order chi connectivity index (χ0) is 23.3. The number of rotatable bonds is 4. The van der Waals surface area contributed by atoms with Crippen LogP contribution in [0.25, 0.3) is 16.3 Å². The van der Waals surface area contributed by atoms with Gasteiger partial charge < -0.3 is 19.5 Å². The highest BCUT2D eigenvalue weighted by molar-refractivity contribution is 6.13. The second-order valence-corrected chi connectivity index (χ2v) is 9.54. The topological polar surface area (TPSA) is 56.8 Å². The van der Waals surface area contributed by atoms with Gasteiger partial charge in [0.1, 0.15) is 0 Å². The van der Waals surface area contributed by atoms with Crippen molar-refractivity contribution >= 4 is 27.8 Å². The minimum absolute atomic E-state index is 0.103. The molecular formula is C28H29NO4. The number of ether oxygens (including phenoxy) is 3. The Morgan fingerprint density at radius 2 is 1.64 bits per heavy atom. The van der Waals surface area contributed by atoms with Crippen LogP contribution in [0.5, 0.6) is 17.2 Å². The van der Waals surface area contributed by atoms with Crippen molar-refractivity contribution in [3.8, 4) is 17.2 Å². The van der Waals surface area contributed by atoms with Crippen LogP contribution in [0.15, 0.2) is 54.1 Å². The third kappa shape index (κ3) is 3.34. The molecule has 1 aliphatic carbocycles. The first kappa shape index (κ1) is 21.4. The van der Waals surface area contributed by atoms with E-state index in [1.165, 1.54) is 10.8 Å². The number of carbonyl (C=O) groups excluding carboxylic acids is 1. The van der Waals surface area contributed by atoms with Crippen LogP contribution in [0.1, 0.15) is 43.9 Å². The van der Waals surface area contributed by atoms with Gasteiger partial charge in [0.15, 0.2) is 17.3 Å². The molecule has 0 saturated heterocycles. The van der Waals surface area contributed by atoms with Crippen molar-refractivity contribution in [3.05, 3.63) is 65.2 Å². The average Bonchev–Trinajstić information content (AvgIpc) is 2.81. The summed E-state index contributed by atoms with van der Waals surface area (Å²) in [5.74, 6) is 1.86. The fraction of sp³-hybridized carbons (Fsp3) is 0.321. The molecule has 0 radical (unpaired) electrons. The van der Waals surface area contributed by atoms with Crippen LogP contribution in [0.4, 0.5) is 5.69 Å². The molecule has 1 heterocycles. The lowest BCUT2D eigenvalue weighted by Crippen LogP contribution is -2.33. The quantitative estimate of drug-likeness (QED) is 0.522. The monoisotopic (exact) mass is 443 g/mol. The number of methoxy groups -OCH3 is 3. The second kappa shape index (κ2) is 7.84. The van der Waals surface area contributed by atoms with E-state index in [4.69, 9.17) is 14.2 Å². The number of fused-ring (bicyclic) bond motifs is 4. The van der Waals surface area contributed by atoms with E-state index in [1.807, 2.05) is 18.2 Å². The highest BCUT2D eigenvalue weighted by Crippen LogP contribution is 2.54. The molecule has 3 aromatic rings. The molecule has 3 aromatic carbocycles. The van der Waals surface area contributed by atoms with Crippen molar-refractivity contribution in [2.75, 3.05) is 26.6 Å². The first-order chi connectivity index (χ1) is 15.9. The average molecular weight is 444 g/mol. The van der Waals surface area contributed by atoms with Crippen molar-refractivity contribution < 1.29 is 19.0 Å². The lowest BCUT2D eigenvalue weighted by molar-refractivity contribution is -0.118. The van der Waals surface area contributed by atoms with Crippen LogP contribution in [0, 0.1) is 5.41 Å². The zero-order valence-corrected chi connectivity index (χ0v) is 19.7. The number of anilines is 1. The van der Waals surface area contributed by atoms with E-state index in [2.05, 4.69) is 49.5 Å². The van der Waals surface area contributed by atoms with Crippen molar-refractivity contribution in [2.45, 2.75) is 32.7 Å². The van der Waals surface area contributed by atoms with Crippen LogP contribution in [-0.4, -0.2) is 27.1 Å². The summed E-state index contributed by atoms with van der Waals surface area (Å²) in [5.41, 5.74) is 4.87. The molecule has 5 rings (SSSR count). The molecule has 0 saturated carbocycles. The summed E-state index contributed by atoms with van der Waals surface area (Å²) in [6.07, 6.45) is 1.35. The first-order valence-corrected chi connectivity index (χ1v) is 11.2. The van der Waals surface area contributed by atoms with Gasteiger partial charge in [-0.2, -0.15) is 0 Å². The Bertz CT molecular complexity index is 1300. The highest BCUT2D eigenvalue weighted by Gasteiger charge is 2.42. The number of nitrogens with one attached hydrogen (secondary N) is 1. The van der Waals surface area contributed by atoms with Crippen LogP contribution in [0.3, 0.4) is 0 Å². The fourth-order valence-corrected chi connectivity index (χ4v) is 5.42. The third-order valence-corrected chi connectivity index (χ3v) is 6.78. The van der Waals surface area contributed by atoms with Crippen molar-refractivity contribution in [3.63, 3.8) is 0 Å². The van der Waals surface area contributed by atoms with Crippen LogP contribution >= 0.6 is 0 Å². The van der Waals surface area contributed by atoms with Crippen molar-refractivity contribution in [2.24, 2.45) is 5.41 Å². The maximum absolute atomic E-state index is 13.7. The molecule has 5 nitrogen and oxygen atoms in total. The molecule has 5 heteroatoms. The Balaban J connectivity index is 1.80. The van der Waals surface area contributed by atoms with Crippen LogP contribution in [-0.2, 0) is 4.79 Å². The number of benzene rings is 3. The van der Waals surface area contributed by atoms with E-state index in [1.54, 1.807) is 21.3 Å². The highest BCUT2D eigenvalue weighted by atomic mass is 16.5. The van der Waals surface area contributed by atoms with Crippen LogP contribution in [0.2, 0.25) is 0 Å². The summed E-state index contributed by atoms with van der Waals surface area (Å²) in [6.45, 7) is 4.35. The van der Waals surface area contributed by atoms with E-state index in [-0.39, 0.29) is 17.2 Å². The molecule has 0 fully saturated rings. The van der Waals surface area contributed by atoms with Gasteiger partial charge in [-0.3, -0.25) is 4.79 Å². The molecule has 1 aliphatic heterocycles. The normalized spacial score (nSPS) is 18.9. The number of hydrogen-bond donors (Lipinski definition) is 1. The van der Waals surface area contributed by atoms with E-state index >= 15 is 0 Å². The van der Waals surface area contributed by atoms with Gasteiger partial charge in [0.25, 0.3) is 0 Å². The van der Waals surface area contributed by atoms with Gasteiger partial charge in [-0.25, -0.2) is 0 Å². The van der Waals surface area contributed by atoms with Gasteiger partial charge in [-0.05, 0) is 46.4 Å². The second-order valence-electron chi connectivity index (χ2n) is 9.54. The van der Waals surface area contributed by atoms with Gasteiger partial charge >= 0.3 is 0 Å². The number of hydrogen-bond acceptors (Lipinski definition) is 5. The Labute approximate surface area is 194 Å². The molecule has 2 aliphatic rings. The number of Topliss-reactive ketones (excluding diaryl/α,β-unsaturated/α-hetero) is 1. The third-order valence-electron chi connectivity index (χ3n) is 6.78. The van der Waals surface area contributed by atoms with Gasteiger partial charge in [0, 0.05) is 28.8 Å². The summed E-state index contributed by atoms with van der Waals surface area (Å²) in [4.78, 5) is 13.7. The summed E-state index contributed by atoms with van der Waals surface area (Å²) < 4.78 is 16.9. The molecule has 0 spiro atoms. The first-order valence-electron chi connectivity index (χ1n) is 11.2. The Kier molecular flexibility index (Phi) is 5.08. The summed E-state index contributed by atoms with van der Waals surface area (Å²) in [5, 5.41) is 6.01. The molecule has 33 heavy (non-hydrogen) atoms. The Morgan fingerprint density at radius 3 is 2.36 bits per heavy atom.